The zero-order valence-electron chi connectivity index (χ0n) is 29.8. The highest BCUT2D eigenvalue weighted by atomic mass is 32.1. The van der Waals surface area contributed by atoms with Crippen LogP contribution in [0.5, 0.6) is 0 Å². The summed E-state index contributed by atoms with van der Waals surface area (Å²) >= 11 is 3.33. The smallest absolute Gasteiger partial charge is 0.0324 e. The Hall–Kier alpha value is 0.0200. The van der Waals surface area contributed by atoms with E-state index in [0.717, 1.165) is 0 Å². The fourth-order valence-corrected chi connectivity index (χ4v) is 1.000. The van der Waals surface area contributed by atoms with E-state index in [9.17, 15) is 0 Å². The van der Waals surface area contributed by atoms with Gasteiger partial charge in [-0.3, -0.25) is 0 Å². The zero-order valence-corrected chi connectivity index (χ0v) is 30.6. The van der Waals surface area contributed by atoms with E-state index in [1.54, 1.807) is 0 Å². The lowest BCUT2D eigenvalue weighted by atomic mass is 10.0. The predicted molar refractivity (Wildman–Crippen MR) is 186 cm³/mol. The molecule has 0 unspecified atom stereocenters. The van der Waals surface area contributed by atoms with E-state index in [1.165, 1.54) is 135 Å². The van der Waals surface area contributed by atoms with Gasteiger partial charge in [0.15, 0.2) is 0 Å². The third kappa shape index (κ3) is 162. The van der Waals surface area contributed by atoms with Gasteiger partial charge in [0.1, 0.15) is 0 Å². The molecule has 0 amide bonds. The molecule has 4 rings (SSSR count). The summed E-state index contributed by atoms with van der Waals surface area (Å²) in [4.78, 5) is 0. The van der Waals surface area contributed by atoms with Gasteiger partial charge in [-0.05, 0) is 0 Å². The standard InChI is InChI=1S/4C4H8.5C3H8.2C2H6.HNS/c4*1-2-4-3-1;5*1-3-2;3*1-2/h4*1-4H2;5*3H2,1-2H3;2*1-2H3;1H. The summed E-state index contributed by atoms with van der Waals surface area (Å²) in [7, 11) is 0. The molecule has 37 heavy (non-hydrogen) atoms. The van der Waals surface area contributed by atoms with Gasteiger partial charge in [-0.15, -0.1) is 0 Å². The quantitative estimate of drug-likeness (QED) is 0.318. The van der Waals surface area contributed by atoms with Crippen molar-refractivity contribution in [3.63, 3.8) is 0 Å². The highest BCUT2D eigenvalue weighted by Crippen LogP contribution is 2.16. The van der Waals surface area contributed by atoms with Crippen molar-refractivity contribution in [2.24, 2.45) is 0 Å². The number of hydrogen-bond acceptors (Lipinski definition) is 2. The maximum atomic E-state index is 5.33. The van der Waals surface area contributed by atoms with Crippen molar-refractivity contribution in [1.29, 1.82) is 4.78 Å². The highest BCUT2D eigenvalue weighted by molar-refractivity contribution is 7.45. The van der Waals surface area contributed by atoms with Gasteiger partial charge in [0, 0.05) is 12.4 Å². The molecule has 0 spiro atoms. The Kier molecular flexibility index (Phi) is 154. The Bertz CT molecular complexity index is 134. The van der Waals surface area contributed by atoms with Crippen molar-refractivity contribution < 1.29 is 0 Å². The molecule has 2 heteroatoms. The lowest BCUT2D eigenvalue weighted by molar-refractivity contribution is 0.504. The van der Waals surface area contributed by atoms with Crippen LogP contribution >= 0.6 is 0 Å². The minimum atomic E-state index is 1.25. The third-order valence-electron chi connectivity index (χ3n) is 4.00. The van der Waals surface area contributed by atoms with Crippen LogP contribution in [0, 0.1) is 4.78 Å². The Morgan fingerprint density at radius 3 is 0.297 bits per heavy atom. The van der Waals surface area contributed by atoms with E-state index < -0.39 is 0 Å². The normalized spacial score (nSPS) is 13.2. The first-order valence-corrected chi connectivity index (χ1v) is 17.7. The van der Waals surface area contributed by atoms with Crippen LogP contribution in [0.25, 0.3) is 0 Å². The Balaban J connectivity index is -0.0000000418. The molecule has 0 aromatic carbocycles. The summed E-state index contributed by atoms with van der Waals surface area (Å²) < 4.78 is 5.33. The fourth-order valence-electron chi connectivity index (χ4n) is 1.000. The van der Waals surface area contributed by atoms with Crippen LogP contribution in [-0.2, 0) is 12.4 Å². The Labute approximate surface area is 248 Å². The van der Waals surface area contributed by atoms with Gasteiger partial charge in [0.25, 0.3) is 0 Å². The van der Waals surface area contributed by atoms with E-state index in [0.29, 0.717) is 0 Å². The topological polar surface area (TPSA) is 23.9 Å². The average molecular weight is 552 g/mol. The lowest BCUT2D eigenvalue weighted by Gasteiger charge is -2.05. The molecule has 0 aromatic rings. The largest absolute Gasteiger partial charge is 0.235 e. The number of rotatable bonds is 0. The third-order valence-corrected chi connectivity index (χ3v) is 4.00. The first-order chi connectivity index (χ1) is 18.1. The average Bonchev–Trinajstić information content (AvgIpc) is 2.70. The maximum absolute atomic E-state index is 5.33. The predicted octanol–water partition coefficient (Wildman–Crippen LogP) is 15.7. The van der Waals surface area contributed by atoms with Crippen LogP contribution in [0.3, 0.4) is 0 Å². The summed E-state index contributed by atoms with van der Waals surface area (Å²) in [6.07, 6.45) is 30.2. The lowest BCUT2D eigenvalue weighted by Crippen LogP contribution is -1.85. The molecule has 0 aliphatic heterocycles. The van der Waals surface area contributed by atoms with Crippen molar-refractivity contribution in [3.8, 4) is 0 Å². The Morgan fingerprint density at radius 1 is 0.270 bits per heavy atom. The molecule has 1 N–H and O–H groups in total. The van der Waals surface area contributed by atoms with Gasteiger partial charge < -0.3 is 0 Å². The summed E-state index contributed by atoms with van der Waals surface area (Å²) in [6, 6.07) is 0. The molecule has 0 saturated heterocycles. The summed E-state index contributed by atoms with van der Waals surface area (Å²) in [5.41, 5.74) is 0. The van der Waals surface area contributed by atoms with Gasteiger partial charge in [0.2, 0.25) is 0 Å². The number of nitrogens with one attached hydrogen (secondary N) is 1. The minimum absolute atomic E-state index is 1.25. The molecule has 4 aliphatic rings. The fraction of sp³-hybridized carbons (Fsp3) is 1.00. The molecule has 0 aromatic heterocycles. The van der Waals surface area contributed by atoms with Gasteiger partial charge in [-0.1, -0.05) is 232 Å². The molecule has 1 nitrogen and oxygen atoms in total. The van der Waals surface area contributed by atoms with Gasteiger partial charge in [-0.25, -0.2) is 4.78 Å². The SMILES string of the molecule is C1CCC1.C1CCC1.C1CCC1.C1CCC1.CC.CC.CCC.CCC.CCC.CCC.CCC.N=S. The van der Waals surface area contributed by atoms with Crippen LogP contribution in [0.15, 0.2) is 0 Å². The van der Waals surface area contributed by atoms with Crippen molar-refractivity contribution in [2.75, 3.05) is 0 Å². The molecular formula is C35H85NS. The Morgan fingerprint density at radius 2 is 0.297 bits per heavy atom. The van der Waals surface area contributed by atoms with Crippen LogP contribution in [0.1, 0.15) is 232 Å². The highest BCUT2D eigenvalue weighted by Gasteiger charge is 1.96. The molecule has 0 radical (unpaired) electrons. The van der Waals surface area contributed by atoms with Crippen LogP contribution in [0.4, 0.5) is 0 Å². The van der Waals surface area contributed by atoms with Gasteiger partial charge in [-0.2, -0.15) is 0 Å². The first-order valence-electron chi connectivity index (χ1n) is 17.3. The summed E-state index contributed by atoms with van der Waals surface area (Å²) in [5.74, 6) is 0. The first kappa shape index (κ1) is 57.0. The molecular weight excluding hydrogens is 466 g/mol. The van der Waals surface area contributed by atoms with E-state index >= 15 is 0 Å². The van der Waals surface area contributed by atoms with Crippen molar-refractivity contribution in [1.82, 2.24) is 0 Å². The van der Waals surface area contributed by atoms with E-state index in [1.807, 2.05) is 27.7 Å². The van der Waals surface area contributed by atoms with E-state index in [2.05, 4.69) is 81.7 Å². The maximum Gasteiger partial charge on any atom is 0.0324 e. The second-order valence-corrected chi connectivity index (χ2v) is 9.19. The van der Waals surface area contributed by atoms with E-state index in [4.69, 9.17) is 4.78 Å². The van der Waals surface area contributed by atoms with Crippen LogP contribution < -0.4 is 0 Å². The monoisotopic (exact) mass is 552 g/mol. The minimum Gasteiger partial charge on any atom is -0.235 e. The van der Waals surface area contributed by atoms with Gasteiger partial charge >= 0.3 is 0 Å². The summed E-state index contributed by atoms with van der Waals surface area (Å²) in [5, 5.41) is 0. The van der Waals surface area contributed by atoms with E-state index in [-0.39, 0.29) is 0 Å². The molecule has 4 fully saturated rings. The summed E-state index contributed by atoms with van der Waals surface area (Å²) in [6.45, 7) is 29.2. The number of hydrogen-bond donors (Lipinski definition) is 1. The van der Waals surface area contributed by atoms with Crippen LogP contribution in [-0.4, -0.2) is 0 Å². The molecule has 0 atom stereocenters. The van der Waals surface area contributed by atoms with Crippen molar-refractivity contribution in [2.45, 2.75) is 232 Å². The second kappa shape index (κ2) is 100.0. The van der Waals surface area contributed by atoms with Gasteiger partial charge in [0.05, 0.1) is 0 Å². The van der Waals surface area contributed by atoms with Crippen LogP contribution in [0.2, 0.25) is 0 Å². The molecule has 4 aliphatic carbocycles. The van der Waals surface area contributed by atoms with Crippen molar-refractivity contribution in [3.05, 3.63) is 0 Å². The zero-order chi connectivity index (χ0) is 30.8. The van der Waals surface area contributed by atoms with Crippen molar-refractivity contribution >= 4 is 12.4 Å². The molecule has 4 saturated carbocycles. The second-order valence-electron chi connectivity index (χ2n) is 9.19. The molecule has 0 bridgehead atoms. The molecule has 0 heterocycles. The molecule has 236 valence electrons.